The molecule has 1 fully saturated rings. The predicted octanol–water partition coefficient (Wildman–Crippen LogP) is 3.08. The molecule has 1 rings (SSSR count). The zero-order chi connectivity index (χ0) is 16.4. The first-order valence-electron chi connectivity index (χ1n) is 7.55. The van der Waals surface area contributed by atoms with Crippen molar-refractivity contribution < 1.29 is 19.2 Å². The molecule has 1 atom stereocenters. The Kier molecular flexibility index (Phi) is 5.18. The highest BCUT2D eigenvalue weighted by atomic mass is 16.7. The van der Waals surface area contributed by atoms with Crippen LogP contribution in [0.5, 0.6) is 0 Å². The molecule has 0 aromatic rings. The average Bonchev–Trinajstić information content (AvgIpc) is 2.66. The average molecular weight is 297 g/mol. The molecule has 120 valence electrons. The van der Waals surface area contributed by atoms with E-state index in [0.717, 1.165) is 6.42 Å². The van der Waals surface area contributed by atoms with Crippen molar-refractivity contribution in [2.45, 2.75) is 67.2 Å². The monoisotopic (exact) mass is 297 g/mol. The summed E-state index contributed by atoms with van der Waals surface area (Å²) < 4.78 is 0. The van der Waals surface area contributed by atoms with Gasteiger partial charge in [0.1, 0.15) is 0 Å². The molecule has 5 heteroatoms. The summed E-state index contributed by atoms with van der Waals surface area (Å²) in [7, 11) is 0. The van der Waals surface area contributed by atoms with Gasteiger partial charge in [0.2, 0.25) is 0 Å². The molecule has 1 aliphatic rings. The Labute approximate surface area is 127 Å². The molecule has 0 aliphatic carbocycles. The number of hydrogen-bond donors (Lipinski definition) is 0. The minimum absolute atomic E-state index is 0.00397. The van der Waals surface area contributed by atoms with Gasteiger partial charge < -0.3 is 4.84 Å². The molecule has 1 unspecified atom stereocenters. The van der Waals surface area contributed by atoms with Crippen molar-refractivity contribution in [3.8, 4) is 0 Å². The second-order valence-electron chi connectivity index (χ2n) is 7.63. The lowest BCUT2D eigenvalue weighted by atomic mass is 9.70. The lowest BCUT2D eigenvalue weighted by Gasteiger charge is -2.35. The normalized spacial score (nSPS) is 18.1. The van der Waals surface area contributed by atoms with Crippen molar-refractivity contribution in [1.29, 1.82) is 0 Å². The summed E-state index contributed by atoms with van der Waals surface area (Å²) in [5.74, 6) is -1.73. The number of nitrogens with zero attached hydrogens (tertiary/aromatic N) is 1. The molecule has 1 heterocycles. The van der Waals surface area contributed by atoms with Crippen LogP contribution in [0.25, 0.3) is 0 Å². The molecule has 0 bridgehead atoms. The SMILES string of the molecule is CCC(C)(C)CC(C(=O)ON1C(=O)CCC1=O)C(C)(C)C. The molecule has 0 N–H and O–H groups in total. The minimum Gasteiger partial charge on any atom is -0.330 e. The first-order chi connectivity index (χ1) is 9.48. The lowest BCUT2D eigenvalue weighted by Crippen LogP contribution is -2.40. The summed E-state index contributed by atoms with van der Waals surface area (Å²) in [6, 6.07) is 0. The summed E-state index contributed by atoms with van der Waals surface area (Å²) in [6.45, 7) is 12.2. The third kappa shape index (κ3) is 4.55. The number of hydrogen-bond acceptors (Lipinski definition) is 4. The van der Waals surface area contributed by atoms with Crippen molar-refractivity contribution >= 4 is 17.8 Å². The Bertz CT molecular complexity index is 418. The van der Waals surface area contributed by atoms with Gasteiger partial charge in [0.05, 0.1) is 5.92 Å². The van der Waals surface area contributed by atoms with E-state index in [0.29, 0.717) is 11.5 Å². The molecule has 0 saturated carbocycles. The predicted molar refractivity (Wildman–Crippen MR) is 78.8 cm³/mol. The van der Waals surface area contributed by atoms with Gasteiger partial charge in [-0.2, -0.15) is 0 Å². The number of hydroxylamine groups is 2. The smallest absolute Gasteiger partial charge is 0.330 e. The van der Waals surface area contributed by atoms with Crippen LogP contribution in [0, 0.1) is 16.7 Å². The fourth-order valence-electron chi connectivity index (χ4n) is 2.25. The first kappa shape index (κ1) is 17.7. The van der Waals surface area contributed by atoms with Crippen LogP contribution < -0.4 is 0 Å². The molecule has 1 aliphatic heterocycles. The number of carbonyl (C=O) groups excluding carboxylic acids is 3. The molecule has 21 heavy (non-hydrogen) atoms. The quantitative estimate of drug-likeness (QED) is 0.732. The Morgan fingerprint density at radius 1 is 1.14 bits per heavy atom. The van der Waals surface area contributed by atoms with Gasteiger partial charge >= 0.3 is 5.97 Å². The third-order valence-electron chi connectivity index (χ3n) is 4.23. The van der Waals surface area contributed by atoms with E-state index in [2.05, 4.69) is 20.8 Å². The van der Waals surface area contributed by atoms with Gasteiger partial charge in [0.25, 0.3) is 11.8 Å². The van der Waals surface area contributed by atoms with Crippen LogP contribution in [0.3, 0.4) is 0 Å². The second kappa shape index (κ2) is 6.16. The molecule has 0 aromatic heterocycles. The molecular formula is C16H27NO4. The van der Waals surface area contributed by atoms with Crippen LogP contribution in [0.1, 0.15) is 67.2 Å². The van der Waals surface area contributed by atoms with Crippen LogP contribution in [-0.2, 0) is 19.2 Å². The number of amides is 2. The van der Waals surface area contributed by atoms with Gasteiger partial charge in [-0.3, -0.25) is 9.59 Å². The highest BCUT2D eigenvalue weighted by Gasteiger charge is 2.40. The fraction of sp³-hybridized carbons (Fsp3) is 0.812. The van der Waals surface area contributed by atoms with E-state index in [9.17, 15) is 14.4 Å². The largest absolute Gasteiger partial charge is 0.336 e. The molecule has 5 nitrogen and oxygen atoms in total. The fourth-order valence-corrected chi connectivity index (χ4v) is 2.25. The van der Waals surface area contributed by atoms with Gasteiger partial charge in [-0.25, -0.2) is 4.79 Å². The van der Waals surface area contributed by atoms with E-state index in [1.807, 2.05) is 20.8 Å². The van der Waals surface area contributed by atoms with Crippen LogP contribution in [-0.4, -0.2) is 22.8 Å². The first-order valence-corrected chi connectivity index (χ1v) is 7.55. The van der Waals surface area contributed by atoms with E-state index >= 15 is 0 Å². The van der Waals surface area contributed by atoms with Crippen molar-refractivity contribution in [3.63, 3.8) is 0 Å². The van der Waals surface area contributed by atoms with E-state index in [-0.39, 0.29) is 29.6 Å². The van der Waals surface area contributed by atoms with E-state index in [1.165, 1.54) is 0 Å². The zero-order valence-corrected chi connectivity index (χ0v) is 14.0. The Hall–Kier alpha value is -1.39. The summed E-state index contributed by atoms with van der Waals surface area (Å²) in [6.07, 6.45) is 1.83. The van der Waals surface area contributed by atoms with Crippen LogP contribution in [0.4, 0.5) is 0 Å². The maximum absolute atomic E-state index is 12.5. The molecule has 0 spiro atoms. The maximum Gasteiger partial charge on any atom is 0.336 e. The molecule has 0 radical (unpaired) electrons. The Balaban J connectivity index is 2.86. The minimum atomic E-state index is -0.493. The Morgan fingerprint density at radius 2 is 1.62 bits per heavy atom. The van der Waals surface area contributed by atoms with Gasteiger partial charge in [0, 0.05) is 12.8 Å². The molecular weight excluding hydrogens is 270 g/mol. The maximum atomic E-state index is 12.5. The van der Waals surface area contributed by atoms with E-state index < -0.39 is 17.8 Å². The number of carbonyl (C=O) groups is 3. The summed E-state index contributed by atoms with van der Waals surface area (Å²) >= 11 is 0. The highest BCUT2D eigenvalue weighted by Crippen LogP contribution is 2.39. The van der Waals surface area contributed by atoms with Crippen molar-refractivity contribution in [3.05, 3.63) is 0 Å². The second-order valence-corrected chi connectivity index (χ2v) is 7.63. The third-order valence-corrected chi connectivity index (χ3v) is 4.23. The molecule has 0 aromatic carbocycles. The molecule has 1 saturated heterocycles. The van der Waals surface area contributed by atoms with Crippen LogP contribution >= 0.6 is 0 Å². The summed E-state index contributed by atoms with van der Waals surface area (Å²) in [4.78, 5) is 40.7. The summed E-state index contributed by atoms with van der Waals surface area (Å²) in [5.41, 5.74) is -0.300. The van der Waals surface area contributed by atoms with E-state index in [4.69, 9.17) is 4.84 Å². The number of imide groups is 1. The summed E-state index contributed by atoms with van der Waals surface area (Å²) in [5, 5.41) is 0.639. The van der Waals surface area contributed by atoms with Gasteiger partial charge in [-0.1, -0.05) is 48.0 Å². The topological polar surface area (TPSA) is 63.7 Å². The van der Waals surface area contributed by atoms with Crippen LogP contribution in [0.15, 0.2) is 0 Å². The number of rotatable bonds is 5. The van der Waals surface area contributed by atoms with Crippen molar-refractivity contribution in [1.82, 2.24) is 5.06 Å². The van der Waals surface area contributed by atoms with Gasteiger partial charge in [-0.05, 0) is 17.3 Å². The lowest BCUT2D eigenvalue weighted by molar-refractivity contribution is -0.204. The van der Waals surface area contributed by atoms with Crippen molar-refractivity contribution in [2.75, 3.05) is 0 Å². The molecule has 2 amide bonds. The van der Waals surface area contributed by atoms with Crippen molar-refractivity contribution in [2.24, 2.45) is 16.7 Å². The highest BCUT2D eigenvalue weighted by molar-refractivity contribution is 6.01. The standard InChI is InChI=1S/C16H27NO4/c1-7-16(5,6)10-11(15(2,3)4)14(20)21-17-12(18)8-9-13(17)19/h11H,7-10H2,1-6H3. The van der Waals surface area contributed by atoms with Crippen LogP contribution in [0.2, 0.25) is 0 Å². The zero-order valence-electron chi connectivity index (χ0n) is 14.0. The van der Waals surface area contributed by atoms with E-state index in [1.54, 1.807) is 0 Å². The Morgan fingerprint density at radius 3 is 2.00 bits per heavy atom. The van der Waals surface area contributed by atoms with Gasteiger partial charge in [0.15, 0.2) is 0 Å². The van der Waals surface area contributed by atoms with Gasteiger partial charge in [-0.15, -0.1) is 5.06 Å².